The van der Waals surface area contributed by atoms with Crippen molar-refractivity contribution in [3.05, 3.63) is 224 Å². The molecule has 0 amide bonds. The fourth-order valence-electron chi connectivity index (χ4n) is 9.13. The zero-order valence-electron chi connectivity index (χ0n) is 33.6. The second-order valence-electron chi connectivity index (χ2n) is 15.6. The lowest BCUT2D eigenvalue weighted by Crippen LogP contribution is -2.01. The smallest absolute Gasteiger partial charge is 0.164 e. The van der Waals surface area contributed by atoms with Gasteiger partial charge in [-0.05, 0) is 76.9 Å². The van der Waals surface area contributed by atoms with Gasteiger partial charge in [0.05, 0.1) is 22.1 Å². The molecule has 0 radical (unpaired) electrons. The highest BCUT2D eigenvalue weighted by Crippen LogP contribution is 2.43. The maximum absolute atomic E-state index is 5.18. The van der Waals surface area contributed by atoms with Crippen LogP contribution in [0.3, 0.4) is 0 Å². The van der Waals surface area contributed by atoms with E-state index in [-0.39, 0.29) is 0 Å². The summed E-state index contributed by atoms with van der Waals surface area (Å²) in [5.41, 5.74) is 14.2. The van der Waals surface area contributed by atoms with Crippen LogP contribution in [-0.4, -0.2) is 24.1 Å². The predicted molar refractivity (Wildman–Crippen MR) is 256 cm³/mol. The van der Waals surface area contributed by atoms with Crippen LogP contribution < -0.4 is 0 Å². The molecule has 62 heavy (non-hydrogen) atoms. The number of para-hydroxylation sites is 2. The number of rotatable bonds is 7. The van der Waals surface area contributed by atoms with Gasteiger partial charge in [-0.15, -0.1) is 0 Å². The molecule has 5 heteroatoms. The molecular weight excluding hydrogens is 755 g/mol. The largest absolute Gasteiger partial charge is 0.309 e. The lowest BCUT2D eigenvalue weighted by atomic mass is 10.0. The summed E-state index contributed by atoms with van der Waals surface area (Å²) in [5.74, 6) is 1.87. The Morgan fingerprint density at radius 3 is 1.11 bits per heavy atom. The zero-order chi connectivity index (χ0) is 41.0. The maximum atomic E-state index is 5.18. The monoisotopic (exact) mass is 791 g/mol. The number of aromatic nitrogens is 5. The minimum absolute atomic E-state index is 0.616. The van der Waals surface area contributed by atoms with Crippen LogP contribution in [0.15, 0.2) is 224 Å². The van der Waals surface area contributed by atoms with Gasteiger partial charge in [0.1, 0.15) is 0 Å². The molecule has 0 aliphatic rings. The van der Waals surface area contributed by atoms with Gasteiger partial charge in [-0.1, -0.05) is 170 Å². The predicted octanol–water partition coefficient (Wildman–Crippen LogP) is 14.4. The van der Waals surface area contributed by atoms with E-state index in [2.05, 4.69) is 209 Å². The van der Waals surface area contributed by atoms with Gasteiger partial charge in [-0.2, -0.15) is 0 Å². The molecule has 3 aromatic heterocycles. The molecular formula is C57H37N5. The van der Waals surface area contributed by atoms with E-state index in [0.29, 0.717) is 17.5 Å². The first-order chi connectivity index (χ1) is 30.7. The zero-order valence-corrected chi connectivity index (χ0v) is 33.6. The molecule has 0 aliphatic heterocycles. The van der Waals surface area contributed by atoms with Crippen molar-refractivity contribution in [2.75, 3.05) is 0 Å². The van der Waals surface area contributed by atoms with E-state index in [1.165, 1.54) is 43.7 Å². The fraction of sp³-hybridized carbons (Fsp3) is 0. The first-order valence-electron chi connectivity index (χ1n) is 20.9. The maximum Gasteiger partial charge on any atom is 0.164 e. The lowest BCUT2D eigenvalue weighted by Gasteiger charge is -2.12. The van der Waals surface area contributed by atoms with Crippen molar-refractivity contribution in [3.63, 3.8) is 0 Å². The Bertz CT molecular complexity index is 3620. The summed E-state index contributed by atoms with van der Waals surface area (Å²) in [4.78, 5) is 15.4. The van der Waals surface area contributed by atoms with Crippen LogP contribution in [0.4, 0.5) is 0 Å². The molecule has 0 spiro atoms. The van der Waals surface area contributed by atoms with Gasteiger partial charge in [-0.3, -0.25) is 0 Å². The van der Waals surface area contributed by atoms with E-state index in [1.807, 2.05) is 24.3 Å². The molecule has 12 aromatic rings. The van der Waals surface area contributed by atoms with Crippen LogP contribution in [0.5, 0.6) is 0 Å². The summed E-state index contributed by atoms with van der Waals surface area (Å²) in [6, 6.07) is 79.2. The molecule has 0 fully saturated rings. The van der Waals surface area contributed by atoms with Crippen molar-refractivity contribution >= 4 is 43.6 Å². The van der Waals surface area contributed by atoms with Gasteiger partial charge in [-0.25, -0.2) is 15.0 Å². The number of hydrogen-bond donors (Lipinski definition) is 0. The molecule has 0 saturated heterocycles. The van der Waals surface area contributed by atoms with E-state index in [4.69, 9.17) is 15.0 Å². The van der Waals surface area contributed by atoms with E-state index in [9.17, 15) is 0 Å². The van der Waals surface area contributed by atoms with E-state index in [1.54, 1.807) is 0 Å². The van der Waals surface area contributed by atoms with Gasteiger partial charge in [0, 0.05) is 49.6 Å². The molecule has 290 valence electrons. The summed E-state index contributed by atoms with van der Waals surface area (Å²) in [6.07, 6.45) is 0. The Morgan fingerprint density at radius 2 is 0.597 bits per heavy atom. The summed E-state index contributed by atoms with van der Waals surface area (Å²) >= 11 is 0. The number of fused-ring (bicyclic) bond motifs is 7. The van der Waals surface area contributed by atoms with Crippen LogP contribution in [0.25, 0.3) is 111 Å². The second-order valence-corrected chi connectivity index (χ2v) is 15.6. The third kappa shape index (κ3) is 5.98. The summed E-state index contributed by atoms with van der Waals surface area (Å²) in [5, 5.41) is 4.88. The highest BCUT2D eigenvalue weighted by Gasteiger charge is 2.21. The first kappa shape index (κ1) is 35.5. The quantitative estimate of drug-likeness (QED) is 0.162. The van der Waals surface area contributed by atoms with Gasteiger partial charge < -0.3 is 9.13 Å². The SMILES string of the molecule is c1ccc(-c2cccc(-c3nc(-c4ccccc4)nc(-c4cccc(-n5c6ccccc6c6c7c8ccccc8n(-c8cccc(-c9ccccc9)c8)c7ccc65)c4)n3)c2)cc1. The summed E-state index contributed by atoms with van der Waals surface area (Å²) in [7, 11) is 0. The fourth-order valence-corrected chi connectivity index (χ4v) is 9.13. The highest BCUT2D eigenvalue weighted by atomic mass is 15.0. The van der Waals surface area contributed by atoms with Crippen molar-refractivity contribution in [2.24, 2.45) is 0 Å². The van der Waals surface area contributed by atoms with Crippen molar-refractivity contribution in [1.82, 2.24) is 24.1 Å². The minimum atomic E-state index is 0.616. The van der Waals surface area contributed by atoms with Crippen molar-refractivity contribution in [2.45, 2.75) is 0 Å². The molecule has 3 heterocycles. The number of nitrogens with zero attached hydrogens (tertiary/aromatic N) is 5. The number of hydrogen-bond acceptors (Lipinski definition) is 3. The molecule has 0 bridgehead atoms. The molecule has 0 saturated carbocycles. The van der Waals surface area contributed by atoms with Crippen LogP contribution in [0.2, 0.25) is 0 Å². The topological polar surface area (TPSA) is 48.5 Å². The van der Waals surface area contributed by atoms with Crippen molar-refractivity contribution in [1.29, 1.82) is 0 Å². The van der Waals surface area contributed by atoms with Crippen LogP contribution in [-0.2, 0) is 0 Å². The summed E-state index contributed by atoms with van der Waals surface area (Å²) in [6.45, 7) is 0. The van der Waals surface area contributed by atoms with Gasteiger partial charge in [0.25, 0.3) is 0 Å². The Balaban J connectivity index is 1.04. The van der Waals surface area contributed by atoms with Crippen molar-refractivity contribution < 1.29 is 0 Å². The van der Waals surface area contributed by atoms with Crippen LogP contribution in [0, 0.1) is 0 Å². The van der Waals surface area contributed by atoms with Crippen LogP contribution >= 0.6 is 0 Å². The third-order valence-corrected chi connectivity index (χ3v) is 11.9. The van der Waals surface area contributed by atoms with E-state index in [0.717, 1.165) is 50.2 Å². The average molecular weight is 792 g/mol. The standard InChI is InChI=1S/C57H37N5/c1-4-17-38(18-5-1)41-23-14-25-43(35-41)56-58-55(40-21-8-3-9-22-40)59-57(60-56)44-26-16-28-46(37-44)62-50-32-13-11-30-48(50)54-52(62)34-33-51-53(54)47-29-10-12-31-49(47)61(51)45-27-15-24-42(36-45)39-19-6-2-7-20-39/h1-37H. The molecule has 0 atom stereocenters. The second kappa shape index (κ2) is 14.7. The van der Waals surface area contributed by atoms with Crippen molar-refractivity contribution in [3.8, 4) is 67.8 Å². The molecule has 0 N–H and O–H groups in total. The Morgan fingerprint density at radius 1 is 0.242 bits per heavy atom. The Labute approximate surface area is 358 Å². The highest BCUT2D eigenvalue weighted by molar-refractivity contribution is 6.29. The normalized spacial score (nSPS) is 11.5. The van der Waals surface area contributed by atoms with Gasteiger partial charge in [0.15, 0.2) is 17.5 Å². The Kier molecular flexibility index (Phi) is 8.42. The molecule has 0 aliphatic carbocycles. The third-order valence-electron chi connectivity index (χ3n) is 11.9. The minimum Gasteiger partial charge on any atom is -0.309 e. The van der Waals surface area contributed by atoms with Gasteiger partial charge in [0.2, 0.25) is 0 Å². The molecule has 9 aromatic carbocycles. The number of benzene rings is 9. The molecule has 0 unspecified atom stereocenters. The first-order valence-corrected chi connectivity index (χ1v) is 20.9. The van der Waals surface area contributed by atoms with E-state index < -0.39 is 0 Å². The van der Waals surface area contributed by atoms with E-state index >= 15 is 0 Å². The molecule has 12 rings (SSSR count). The summed E-state index contributed by atoms with van der Waals surface area (Å²) < 4.78 is 4.81. The lowest BCUT2D eigenvalue weighted by molar-refractivity contribution is 1.07. The van der Waals surface area contributed by atoms with Crippen LogP contribution in [0.1, 0.15) is 0 Å². The van der Waals surface area contributed by atoms with Gasteiger partial charge >= 0.3 is 0 Å². The average Bonchev–Trinajstić information content (AvgIpc) is 3.88. The Hall–Kier alpha value is -8.41. The molecule has 5 nitrogen and oxygen atoms in total.